The van der Waals surface area contributed by atoms with Crippen LogP contribution < -0.4 is 16.0 Å². The monoisotopic (exact) mass is 500 g/mol. The summed E-state index contributed by atoms with van der Waals surface area (Å²) >= 11 is 1.11. The summed E-state index contributed by atoms with van der Waals surface area (Å²) in [5.41, 5.74) is 1.46. The van der Waals surface area contributed by atoms with Crippen LogP contribution in [-0.2, 0) is 19.1 Å². The highest BCUT2D eigenvalue weighted by Crippen LogP contribution is 2.30. The van der Waals surface area contributed by atoms with E-state index in [0.29, 0.717) is 49.7 Å². The molecule has 0 aliphatic carbocycles. The number of likely N-dealkylation sites (tertiary alicyclic amines) is 1. The van der Waals surface area contributed by atoms with Crippen LogP contribution in [0.4, 0.5) is 5.00 Å². The summed E-state index contributed by atoms with van der Waals surface area (Å²) in [5, 5.41) is 13.5. The van der Waals surface area contributed by atoms with E-state index in [0.717, 1.165) is 23.5 Å². The number of anilines is 1. The van der Waals surface area contributed by atoms with E-state index in [9.17, 15) is 14.4 Å². The van der Waals surface area contributed by atoms with Crippen LogP contribution in [0.15, 0.2) is 30.3 Å². The Hall–Kier alpha value is -2.89. The maximum Gasteiger partial charge on any atom is 0.247 e. The van der Waals surface area contributed by atoms with Crippen molar-refractivity contribution in [3.63, 3.8) is 0 Å². The molecule has 3 amide bonds. The molecule has 10 nitrogen and oxygen atoms in total. The molecule has 1 aromatic carbocycles. The Morgan fingerprint density at radius 2 is 1.89 bits per heavy atom. The number of likely N-dealkylation sites (N-methyl/N-ethyl adjacent to an activating group) is 1. The van der Waals surface area contributed by atoms with Gasteiger partial charge in [-0.3, -0.25) is 14.4 Å². The molecule has 2 aromatic rings. The van der Waals surface area contributed by atoms with Gasteiger partial charge in [0.25, 0.3) is 0 Å². The second-order valence-electron chi connectivity index (χ2n) is 8.94. The standard InChI is InChI=1S/C24H32N6O4S/c1-15(25-2)21(31)26-20(17-10-13-34-14-11-17)24(33)30-12-6-9-18(30)22(32)27-23-19(28-29-35-23)16-7-4-3-5-8-16/h3-5,7-8,15,17-18,20,25H,6,9-14H2,1-2H3,(H,26,31)(H,27,32)/t15-,18-,20-/m0/s1. The SMILES string of the molecule is CN[C@@H](C)C(=O)N[C@H](C(=O)N1CCC[C@H]1C(=O)Nc1snnc1-c1ccccc1)C1CCOCC1. The number of rotatable bonds is 8. The van der Waals surface area contributed by atoms with E-state index in [2.05, 4.69) is 25.5 Å². The van der Waals surface area contributed by atoms with Crippen LogP contribution in [0.2, 0.25) is 0 Å². The lowest BCUT2D eigenvalue weighted by Gasteiger charge is -2.35. The van der Waals surface area contributed by atoms with E-state index >= 15 is 0 Å². The van der Waals surface area contributed by atoms with E-state index in [1.807, 2.05) is 30.3 Å². The number of carbonyl (C=O) groups is 3. The van der Waals surface area contributed by atoms with Gasteiger partial charge in [-0.25, -0.2) is 0 Å². The summed E-state index contributed by atoms with van der Waals surface area (Å²) in [5.74, 6) is -0.749. The average Bonchev–Trinajstić information content (AvgIpc) is 3.57. The van der Waals surface area contributed by atoms with Crippen molar-refractivity contribution in [2.45, 2.75) is 50.7 Å². The highest BCUT2D eigenvalue weighted by Gasteiger charge is 2.41. The van der Waals surface area contributed by atoms with Crippen molar-refractivity contribution >= 4 is 34.3 Å². The number of aromatic nitrogens is 2. The summed E-state index contributed by atoms with van der Waals surface area (Å²) in [7, 11) is 1.70. The summed E-state index contributed by atoms with van der Waals surface area (Å²) in [6.45, 7) is 3.33. The molecule has 0 saturated carbocycles. The number of nitrogens with zero attached hydrogens (tertiary/aromatic N) is 3. The fourth-order valence-electron chi connectivity index (χ4n) is 4.57. The quantitative estimate of drug-likeness (QED) is 0.503. The molecule has 0 bridgehead atoms. The Balaban J connectivity index is 1.50. The molecular weight excluding hydrogens is 468 g/mol. The minimum Gasteiger partial charge on any atom is -0.381 e. The van der Waals surface area contributed by atoms with Gasteiger partial charge in [-0.05, 0) is 45.6 Å². The topological polar surface area (TPSA) is 126 Å². The lowest BCUT2D eigenvalue weighted by atomic mass is 9.90. The van der Waals surface area contributed by atoms with E-state index in [1.54, 1.807) is 18.9 Å². The average molecular weight is 501 g/mol. The molecule has 2 saturated heterocycles. The molecule has 3 heterocycles. The normalized spacial score (nSPS) is 20.3. The fraction of sp³-hybridized carbons (Fsp3) is 0.542. The molecule has 3 N–H and O–H groups in total. The van der Waals surface area contributed by atoms with Gasteiger partial charge in [0.15, 0.2) is 0 Å². The molecule has 1 aromatic heterocycles. The predicted octanol–water partition coefficient (Wildman–Crippen LogP) is 1.65. The first-order chi connectivity index (χ1) is 17.0. The minimum atomic E-state index is -0.694. The van der Waals surface area contributed by atoms with E-state index in [-0.39, 0.29) is 23.6 Å². The maximum atomic E-state index is 13.7. The molecule has 4 rings (SSSR count). The molecule has 0 unspecified atom stereocenters. The molecule has 2 aliphatic rings. The van der Waals surface area contributed by atoms with Crippen molar-refractivity contribution < 1.29 is 19.1 Å². The molecule has 2 fully saturated rings. The molecule has 11 heteroatoms. The summed E-state index contributed by atoms with van der Waals surface area (Å²) in [6.07, 6.45) is 2.65. The number of carbonyl (C=O) groups excluding carboxylic acids is 3. The zero-order valence-electron chi connectivity index (χ0n) is 20.0. The molecule has 35 heavy (non-hydrogen) atoms. The molecule has 188 valence electrons. The van der Waals surface area contributed by atoms with Gasteiger partial charge >= 0.3 is 0 Å². The molecule has 2 aliphatic heterocycles. The highest BCUT2D eigenvalue weighted by atomic mass is 32.1. The summed E-state index contributed by atoms with van der Waals surface area (Å²) in [6, 6.07) is 7.78. The van der Waals surface area contributed by atoms with Crippen molar-refractivity contribution in [1.82, 2.24) is 25.1 Å². The van der Waals surface area contributed by atoms with Crippen molar-refractivity contribution in [2.75, 3.05) is 32.1 Å². The van der Waals surface area contributed by atoms with Crippen LogP contribution in [0, 0.1) is 5.92 Å². The zero-order chi connectivity index (χ0) is 24.8. The third kappa shape index (κ3) is 5.85. The Kier molecular flexibility index (Phi) is 8.42. The second kappa shape index (κ2) is 11.7. The Morgan fingerprint density at radius 3 is 2.60 bits per heavy atom. The lowest BCUT2D eigenvalue weighted by Crippen LogP contribution is -2.58. The first-order valence-corrected chi connectivity index (χ1v) is 12.8. The van der Waals surface area contributed by atoms with Crippen molar-refractivity contribution in [1.29, 1.82) is 0 Å². The Bertz CT molecular complexity index is 1030. The third-order valence-electron chi connectivity index (χ3n) is 6.74. The number of ether oxygens (including phenoxy) is 1. The van der Waals surface area contributed by atoms with Gasteiger partial charge in [-0.2, -0.15) is 0 Å². The van der Waals surface area contributed by atoms with Crippen LogP contribution in [0.3, 0.4) is 0 Å². The van der Waals surface area contributed by atoms with Gasteiger partial charge in [0.2, 0.25) is 17.7 Å². The van der Waals surface area contributed by atoms with E-state index < -0.39 is 18.1 Å². The first kappa shape index (κ1) is 25.2. The van der Waals surface area contributed by atoms with Gasteiger partial charge in [-0.1, -0.05) is 34.8 Å². The number of hydrogen-bond donors (Lipinski definition) is 3. The van der Waals surface area contributed by atoms with Crippen LogP contribution in [0.1, 0.15) is 32.6 Å². The predicted molar refractivity (Wildman–Crippen MR) is 133 cm³/mol. The van der Waals surface area contributed by atoms with Gasteiger partial charge in [0.05, 0.1) is 6.04 Å². The van der Waals surface area contributed by atoms with Crippen LogP contribution in [-0.4, -0.2) is 77.1 Å². The third-order valence-corrected chi connectivity index (χ3v) is 7.38. The number of benzene rings is 1. The van der Waals surface area contributed by atoms with E-state index in [4.69, 9.17) is 4.74 Å². The zero-order valence-corrected chi connectivity index (χ0v) is 20.8. The van der Waals surface area contributed by atoms with Crippen LogP contribution in [0.5, 0.6) is 0 Å². The molecule has 3 atom stereocenters. The second-order valence-corrected chi connectivity index (χ2v) is 9.70. The van der Waals surface area contributed by atoms with Crippen molar-refractivity contribution in [3.05, 3.63) is 30.3 Å². The minimum absolute atomic E-state index is 0.0380. The summed E-state index contributed by atoms with van der Waals surface area (Å²) < 4.78 is 9.48. The number of nitrogens with one attached hydrogen (secondary N) is 3. The smallest absolute Gasteiger partial charge is 0.247 e. The van der Waals surface area contributed by atoms with Crippen LogP contribution in [0.25, 0.3) is 11.3 Å². The number of amides is 3. The van der Waals surface area contributed by atoms with Gasteiger partial charge in [0.1, 0.15) is 22.8 Å². The summed E-state index contributed by atoms with van der Waals surface area (Å²) in [4.78, 5) is 41.4. The molecule has 0 radical (unpaired) electrons. The fourth-order valence-corrected chi connectivity index (χ4v) is 5.17. The lowest BCUT2D eigenvalue weighted by molar-refractivity contribution is -0.142. The Morgan fingerprint density at radius 1 is 1.14 bits per heavy atom. The van der Waals surface area contributed by atoms with Crippen LogP contribution >= 0.6 is 11.5 Å². The Labute approximate surface area is 209 Å². The maximum absolute atomic E-state index is 13.7. The highest BCUT2D eigenvalue weighted by molar-refractivity contribution is 7.10. The van der Waals surface area contributed by atoms with Gasteiger partial charge < -0.3 is 25.6 Å². The van der Waals surface area contributed by atoms with Crippen molar-refractivity contribution in [3.8, 4) is 11.3 Å². The van der Waals surface area contributed by atoms with Gasteiger partial charge in [0, 0.05) is 36.9 Å². The number of hydrogen-bond acceptors (Lipinski definition) is 8. The molecule has 0 spiro atoms. The van der Waals surface area contributed by atoms with Gasteiger partial charge in [-0.15, -0.1) is 5.10 Å². The van der Waals surface area contributed by atoms with E-state index in [1.165, 1.54) is 0 Å². The van der Waals surface area contributed by atoms with Crippen molar-refractivity contribution in [2.24, 2.45) is 5.92 Å². The largest absolute Gasteiger partial charge is 0.381 e. The first-order valence-electron chi connectivity index (χ1n) is 12.0. The molecular formula is C24H32N6O4S.